The van der Waals surface area contributed by atoms with Gasteiger partial charge in [0.25, 0.3) is 0 Å². The minimum atomic E-state index is -0.632. The van der Waals surface area contributed by atoms with E-state index >= 15 is 0 Å². The van der Waals surface area contributed by atoms with Crippen LogP contribution in [0, 0.1) is 17.1 Å². The molecule has 4 heteroatoms. The first kappa shape index (κ1) is 12.1. The van der Waals surface area contributed by atoms with E-state index < -0.39 is 5.82 Å². The summed E-state index contributed by atoms with van der Waals surface area (Å²) in [5.41, 5.74) is 0.353. The van der Waals surface area contributed by atoms with Crippen LogP contribution in [0.1, 0.15) is 11.1 Å². The van der Waals surface area contributed by atoms with Crippen LogP contribution in [0.5, 0.6) is 11.5 Å². The molecule has 0 heterocycles. The fraction of sp³-hybridized carbons (Fsp3) is 0.0714. The maximum atomic E-state index is 13.7. The Balaban J connectivity index is 2.47. The van der Waals surface area contributed by atoms with Crippen molar-refractivity contribution < 1.29 is 14.2 Å². The average Bonchev–Trinajstić information content (AvgIpc) is 2.42. The number of halogens is 1. The topological polar surface area (TPSA) is 53.2 Å². The van der Waals surface area contributed by atoms with E-state index in [0.29, 0.717) is 11.3 Å². The van der Waals surface area contributed by atoms with Gasteiger partial charge < -0.3 is 9.84 Å². The highest BCUT2D eigenvalue weighted by molar-refractivity contribution is 5.51. The summed E-state index contributed by atoms with van der Waals surface area (Å²) < 4.78 is 19.0. The van der Waals surface area contributed by atoms with E-state index in [9.17, 15) is 4.39 Å². The normalized spacial score (nSPS) is 9.83. The summed E-state index contributed by atoms with van der Waals surface area (Å²) in [6.45, 7) is -0.339. The summed E-state index contributed by atoms with van der Waals surface area (Å²) >= 11 is 0. The van der Waals surface area contributed by atoms with Gasteiger partial charge in [0, 0.05) is 0 Å². The van der Waals surface area contributed by atoms with Crippen molar-refractivity contribution in [2.75, 3.05) is 0 Å². The molecule has 0 aromatic heterocycles. The van der Waals surface area contributed by atoms with Gasteiger partial charge in [-0.25, -0.2) is 4.39 Å². The minimum Gasteiger partial charge on any atom is -0.453 e. The van der Waals surface area contributed by atoms with Crippen LogP contribution in [0.4, 0.5) is 4.39 Å². The Morgan fingerprint density at radius 1 is 1.17 bits per heavy atom. The van der Waals surface area contributed by atoms with Crippen LogP contribution in [0.15, 0.2) is 42.5 Å². The lowest BCUT2D eigenvalue weighted by Gasteiger charge is -2.10. The predicted molar refractivity (Wildman–Crippen MR) is 63.6 cm³/mol. The Morgan fingerprint density at radius 2 is 1.89 bits per heavy atom. The van der Waals surface area contributed by atoms with Crippen molar-refractivity contribution in [1.82, 2.24) is 0 Å². The summed E-state index contributed by atoms with van der Waals surface area (Å²) in [4.78, 5) is 0. The zero-order chi connectivity index (χ0) is 13.0. The molecule has 0 atom stereocenters. The number of nitrogens with zero attached hydrogens (tertiary/aromatic N) is 1. The van der Waals surface area contributed by atoms with Crippen LogP contribution in [0.2, 0.25) is 0 Å². The second-order valence-corrected chi connectivity index (χ2v) is 3.60. The number of rotatable bonds is 3. The Labute approximate surface area is 104 Å². The lowest BCUT2D eigenvalue weighted by atomic mass is 10.1. The van der Waals surface area contributed by atoms with E-state index in [2.05, 4.69) is 0 Å². The predicted octanol–water partition coefficient (Wildman–Crippen LogP) is 2.98. The smallest absolute Gasteiger partial charge is 0.181 e. The molecule has 0 unspecified atom stereocenters. The highest BCUT2D eigenvalue weighted by Crippen LogP contribution is 2.30. The standard InChI is InChI=1S/C14H10FNO2/c15-13-7-6-10(9-17)12(8-16)14(13)18-11-4-2-1-3-5-11/h1-7,17H,9H2. The molecule has 0 saturated carbocycles. The van der Waals surface area contributed by atoms with Crippen molar-refractivity contribution in [2.45, 2.75) is 6.61 Å². The maximum Gasteiger partial charge on any atom is 0.181 e. The average molecular weight is 243 g/mol. The Kier molecular flexibility index (Phi) is 3.56. The van der Waals surface area contributed by atoms with Gasteiger partial charge in [-0.3, -0.25) is 0 Å². The summed E-state index contributed by atoms with van der Waals surface area (Å²) in [6, 6.07) is 13.0. The highest BCUT2D eigenvalue weighted by Gasteiger charge is 2.15. The third-order valence-electron chi connectivity index (χ3n) is 2.44. The van der Waals surface area contributed by atoms with Gasteiger partial charge in [0.1, 0.15) is 17.4 Å². The Bertz CT molecular complexity index is 591. The molecule has 2 rings (SSSR count). The molecule has 3 nitrogen and oxygen atoms in total. The van der Waals surface area contributed by atoms with Crippen LogP contribution in [-0.4, -0.2) is 5.11 Å². The zero-order valence-corrected chi connectivity index (χ0v) is 9.43. The molecule has 2 aromatic carbocycles. The fourth-order valence-corrected chi connectivity index (χ4v) is 1.56. The third-order valence-corrected chi connectivity index (χ3v) is 2.44. The van der Waals surface area contributed by atoms with Gasteiger partial charge in [0.05, 0.1) is 6.61 Å². The monoisotopic (exact) mass is 243 g/mol. The van der Waals surface area contributed by atoms with Crippen molar-refractivity contribution in [3.63, 3.8) is 0 Å². The number of benzene rings is 2. The number of para-hydroxylation sites is 1. The molecule has 18 heavy (non-hydrogen) atoms. The summed E-state index contributed by atoms with van der Waals surface area (Å²) in [5, 5.41) is 18.1. The second-order valence-electron chi connectivity index (χ2n) is 3.60. The minimum absolute atomic E-state index is 0.0151. The van der Waals surface area contributed by atoms with E-state index in [1.807, 2.05) is 6.07 Å². The molecule has 0 aliphatic carbocycles. The quantitative estimate of drug-likeness (QED) is 0.901. The number of hydrogen-bond donors (Lipinski definition) is 1. The van der Waals surface area contributed by atoms with Crippen LogP contribution in [0.3, 0.4) is 0 Å². The number of ether oxygens (including phenoxy) is 1. The molecule has 0 bridgehead atoms. The molecule has 0 amide bonds. The number of aliphatic hydroxyl groups is 1. The molecule has 0 fully saturated rings. The van der Waals surface area contributed by atoms with Crippen LogP contribution in [0.25, 0.3) is 0 Å². The first-order chi connectivity index (χ1) is 8.76. The molecule has 0 saturated heterocycles. The molecule has 90 valence electrons. The van der Waals surface area contributed by atoms with E-state index in [-0.39, 0.29) is 17.9 Å². The van der Waals surface area contributed by atoms with E-state index in [4.69, 9.17) is 15.1 Å². The first-order valence-corrected chi connectivity index (χ1v) is 5.31. The number of nitriles is 1. The number of hydrogen-bond acceptors (Lipinski definition) is 3. The van der Waals surface area contributed by atoms with Gasteiger partial charge in [-0.15, -0.1) is 0 Å². The molecule has 0 radical (unpaired) electrons. The fourth-order valence-electron chi connectivity index (χ4n) is 1.56. The molecular weight excluding hydrogens is 233 g/mol. The molecule has 1 N–H and O–H groups in total. The molecule has 0 aliphatic heterocycles. The van der Waals surface area contributed by atoms with Gasteiger partial charge in [-0.2, -0.15) is 5.26 Å². The van der Waals surface area contributed by atoms with E-state index in [1.54, 1.807) is 30.3 Å². The van der Waals surface area contributed by atoms with E-state index in [0.717, 1.165) is 0 Å². The van der Waals surface area contributed by atoms with Crippen molar-refractivity contribution in [1.29, 1.82) is 5.26 Å². The van der Waals surface area contributed by atoms with Crippen LogP contribution in [-0.2, 0) is 6.61 Å². The zero-order valence-electron chi connectivity index (χ0n) is 9.43. The van der Waals surface area contributed by atoms with E-state index in [1.165, 1.54) is 12.1 Å². The van der Waals surface area contributed by atoms with Crippen LogP contribution < -0.4 is 4.74 Å². The SMILES string of the molecule is N#Cc1c(CO)ccc(F)c1Oc1ccccc1. The van der Waals surface area contributed by atoms with Crippen LogP contribution >= 0.6 is 0 Å². The van der Waals surface area contributed by atoms with Gasteiger partial charge in [0.15, 0.2) is 11.6 Å². The molecule has 2 aromatic rings. The molecular formula is C14H10FNO2. The summed E-state index contributed by atoms with van der Waals surface area (Å²) in [5.74, 6) is -0.356. The lowest BCUT2D eigenvalue weighted by molar-refractivity contribution is 0.280. The van der Waals surface area contributed by atoms with Crippen molar-refractivity contribution in [3.8, 4) is 17.6 Å². The second kappa shape index (κ2) is 5.30. The van der Waals surface area contributed by atoms with Crippen molar-refractivity contribution in [2.24, 2.45) is 0 Å². The Hall–Kier alpha value is -2.38. The van der Waals surface area contributed by atoms with Gasteiger partial charge >= 0.3 is 0 Å². The maximum absolute atomic E-state index is 13.7. The Morgan fingerprint density at radius 3 is 2.50 bits per heavy atom. The molecule has 0 aliphatic rings. The van der Waals surface area contributed by atoms with Gasteiger partial charge in [-0.1, -0.05) is 24.3 Å². The first-order valence-electron chi connectivity index (χ1n) is 5.31. The summed E-state index contributed by atoms with van der Waals surface area (Å²) in [7, 11) is 0. The molecule has 0 spiro atoms. The summed E-state index contributed by atoms with van der Waals surface area (Å²) in [6.07, 6.45) is 0. The van der Waals surface area contributed by atoms with Crippen molar-refractivity contribution >= 4 is 0 Å². The lowest BCUT2D eigenvalue weighted by Crippen LogP contribution is -1.97. The van der Waals surface area contributed by atoms with Gasteiger partial charge in [0.2, 0.25) is 0 Å². The third kappa shape index (κ3) is 2.31. The highest BCUT2D eigenvalue weighted by atomic mass is 19.1. The number of aliphatic hydroxyl groups excluding tert-OH is 1. The van der Waals surface area contributed by atoms with Gasteiger partial charge in [-0.05, 0) is 23.8 Å². The largest absolute Gasteiger partial charge is 0.453 e. The van der Waals surface area contributed by atoms with Crippen molar-refractivity contribution in [3.05, 3.63) is 59.4 Å².